The van der Waals surface area contributed by atoms with Crippen LogP contribution in [0.2, 0.25) is 0 Å². The summed E-state index contributed by atoms with van der Waals surface area (Å²) in [6, 6.07) is 0. The van der Waals surface area contributed by atoms with Crippen LogP contribution in [0.5, 0.6) is 0 Å². The number of esters is 1. The summed E-state index contributed by atoms with van der Waals surface area (Å²) in [7, 11) is 0. The van der Waals surface area contributed by atoms with E-state index in [4.69, 9.17) is 6.42 Å². The van der Waals surface area contributed by atoms with Crippen LogP contribution < -0.4 is 0 Å². The number of hydrogen-bond donors (Lipinski definition) is 0. The average Bonchev–Trinajstić information content (AvgIpc) is 2.02. The average molecular weight is 166 g/mol. The third kappa shape index (κ3) is 8.77. The number of unbranched alkanes of at least 4 members (excludes halogenated alkanes) is 3. The monoisotopic (exact) mass is 166 g/mol. The summed E-state index contributed by atoms with van der Waals surface area (Å²) < 4.78 is 4.59. The second-order valence-electron chi connectivity index (χ2n) is 2.43. The first-order valence-corrected chi connectivity index (χ1v) is 4.03. The Bertz CT molecular complexity index is 187. The van der Waals surface area contributed by atoms with Gasteiger partial charge in [-0.2, -0.15) is 0 Å². The fourth-order valence-electron chi connectivity index (χ4n) is 0.701. The molecule has 2 heteroatoms. The zero-order valence-electron chi connectivity index (χ0n) is 7.38. The SMILES string of the molecule is C#CCCCC/C=C/OC(C)=O. The van der Waals surface area contributed by atoms with Crippen molar-refractivity contribution in [2.75, 3.05) is 0 Å². The Balaban J connectivity index is 3.14. The summed E-state index contributed by atoms with van der Waals surface area (Å²) in [4.78, 5) is 10.3. The van der Waals surface area contributed by atoms with Crippen molar-refractivity contribution < 1.29 is 9.53 Å². The maximum Gasteiger partial charge on any atom is 0.307 e. The predicted molar refractivity (Wildman–Crippen MR) is 48.2 cm³/mol. The molecule has 0 aliphatic carbocycles. The third-order valence-electron chi connectivity index (χ3n) is 1.27. The Kier molecular flexibility index (Phi) is 7.07. The number of ether oxygens (including phenoxy) is 1. The van der Waals surface area contributed by atoms with Gasteiger partial charge >= 0.3 is 5.97 Å². The lowest BCUT2D eigenvalue weighted by Crippen LogP contribution is -1.89. The van der Waals surface area contributed by atoms with Crippen LogP contribution in [-0.2, 0) is 9.53 Å². The molecule has 0 amide bonds. The van der Waals surface area contributed by atoms with E-state index in [1.165, 1.54) is 13.2 Å². The number of allylic oxidation sites excluding steroid dienone is 1. The van der Waals surface area contributed by atoms with E-state index >= 15 is 0 Å². The summed E-state index contributed by atoms with van der Waals surface area (Å²) in [5, 5.41) is 0. The first kappa shape index (κ1) is 10.8. The van der Waals surface area contributed by atoms with Crippen molar-refractivity contribution in [1.29, 1.82) is 0 Å². The molecule has 0 spiro atoms. The quantitative estimate of drug-likeness (QED) is 0.271. The van der Waals surface area contributed by atoms with E-state index in [1.54, 1.807) is 0 Å². The number of hydrogen-bond acceptors (Lipinski definition) is 2. The van der Waals surface area contributed by atoms with Crippen LogP contribution >= 0.6 is 0 Å². The molecule has 0 aromatic rings. The Morgan fingerprint density at radius 3 is 2.92 bits per heavy atom. The second-order valence-corrected chi connectivity index (χ2v) is 2.43. The van der Waals surface area contributed by atoms with Gasteiger partial charge in [0.25, 0.3) is 0 Å². The predicted octanol–water partition coefficient (Wildman–Crippen LogP) is 2.26. The van der Waals surface area contributed by atoms with Gasteiger partial charge in [-0.1, -0.05) is 0 Å². The van der Waals surface area contributed by atoms with Gasteiger partial charge in [-0.05, 0) is 25.3 Å². The highest BCUT2D eigenvalue weighted by atomic mass is 16.5. The van der Waals surface area contributed by atoms with Crippen LogP contribution in [0.15, 0.2) is 12.3 Å². The molecule has 0 N–H and O–H groups in total. The molecule has 0 unspecified atom stereocenters. The first-order valence-electron chi connectivity index (χ1n) is 4.03. The minimum absolute atomic E-state index is 0.283. The minimum atomic E-state index is -0.283. The van der Waals surface area contributed by atoms with Gasteiger partial charge in [0.2, 0.25) is 0 Å². The molecule has 0 heterocycles. The molecular formula is C10H14O2. The molecule has 0 saturated carbocycles. The Morgan fingerprint density at radius 1 is 1.58 bits per heavy atom. The highest BCUT2D eigenvalue weighted by molar-refractivity contribution is 5.66. The first-order chi connectivity index (χ1) is 5.77. The van der Waals surface area contributed by atoms with Crippen molar-refractivity contribution in [3.8, 4) is 12.3 Å². The summed E-state index contributed by atoms with van der Waals surface area (Å²) >= 11 is 0. The highest BCUT2D eigenvalue weighted by Crippen LogP contribution is 1.99. The normalized spacial score (nSPS) is 9.67. The molecule has 0 fully saturated rings. The summed E-state index contributed by atoms with van der Waals surface area (Å²) in [5.74, 6) is 2.28. The van der Waals surface area contributed by atoms with E-state index in [9.17, 15) is 4.79 Å². The van der Waals surface area contributed by atoms with Gasteiger partial charge in [-0.25, -0.2) is 0 Å². The number of rotatable bonds is 5. The van der Waals surface area contributed by atoms with Crippen molar-refractivity contribution in [2.24, 2.45) is 0 Å². The maximum atomic E-state index is 10.3. The zero-order valence-corrected chi connectivity index (χ0v) is 7.38. The van der Waals surface area contributed by atoms with E-state index in [-0.39, 0.29) is 5.97 Å². The lowest BCUT2D eigenvalue weighted by molar-refractivity contribution is -0.135. The summed E-state index contributed by atoms with van der Waals surface area (Å²) in [6.07, 6.45) is 12.1. The molecular weight excluding hydrogens is 152 g/mol. The largest absolute Gasteiger partial charge is 0.435 e. The van der Waals surface area contributed by atoms with Crippen molar-refractivity contribution in [3.05, 3.63) is 12.3 Å². The van der Waals surface area contributed by atoms with Gasteiger partial charge in [0.05, 0.1) is 6.26 Å². The van der Waals surface area contributed by atoms with Gasteiger partial charge in [-0.3, -0.25) is 4.79 Å². The van der Waals surface area contributed by atoms with E-state index in [0.717, 1.165) is 25.7 Å². The molecule has 0 aliphatic heterocycles. The lowest BCUT2D eigenvalue weighted by Gasteiger charge is -1.92. The number of terminal acetylenes is 1. The second kappa shape index (κ2) is 7.87. The number of carbonyl (C=O) groups excluding carboxylic acids is 1. The third-order valence-corrected chi connectivity index (χ3v) is 1.27. The van der Waals surface area contributed by atoms with E-state index < -0.39 is 0 Å². The van der Waals surface area contributed by atoms with Gasteiger partial charge < -0.3 is 4.74 Å². The van der Waals surface area contributed by atoms with E-state index in [1.807, 2.05) is 6.08 Å². The van der Waals surface area contributed by atoms with Gasteiger partial charge in [0, 0.05) is 13.3 Å². The number of carbonyl (C=O) groups is 1. The molecule has 0 aromatic heterocycles. The smallest absolute Gasteiger partial charge is 0.307 e. The standard InChI is InChI=1S/C10H14O2/c1-3-4-5-6-7-8-9-12-10(2)11/h1,8-9H,4-7H2,2H3/b9-8+. The summed E-state index contributed by atoms with van der Waals surface area (Å²) in [6.45, 7) is 1.38. The van der Waals surface area contributed by atoms with Gasteiger partial charge in [-0.15, -0.1) is 12.3 Å². The fourth-order valence-corrected chi connectivity index (χ4v) is 0.701. The Morgan fingerprint density at radius 2 is 2.33 bits per heavy atom. The molecule has 0 bridgehead atoms. The van der Waals surface area contributed by atoms with Crippen molar-refractivity contribution in [3.63, 3.8) is 0 Å². The van der Waals surface area contributed by atoms with Crippen LogP contribution in [0.1, 0.15) is 32.6 Å². The molecule has 0 saturated heterocycles. The van der Waals surface area contributed by atoms with E-state index in [0.29, 0.717) is 0 Å². The van der Waals surface area contributed by atoms with Crippen LogP contribution in [0.4, 0.5) is 0 Å². The van der Waals surface area contributed by atoms with Crippen LogP contribution in [-0.4, -0.2) is 5.97 Å². The van der Waals surface area contributed by atoms with Gasteiger partial charge in [0.15, 0.2) is 0 Å². The molecule has 0 atom stereocenters. The molecule has 12 heavy (non-hydrogen) atoms. The molecule has 0 aliphatic rings. The lowest BCUT2D eigenvalue weighted by atomic mass is 10.2. The Hall–Kier alpha value is -1.23. The highest BCUT2D eigenvalue weighted by Gasteiger charge is 1.85. The molecule has 0 rings (SSSR count). The van der Waals surface area contributed by atoms with Gasteiger partial charge in [0.1, 0.15) is 0 Å². The van der Waals surface area contributed by atoms with Crippen molar-refractivity contribution in [1.82, 2.24) is 0 Å². The summed E-state index contributed by atoms with van der Waals surface area (Å²) in [5.41, 5.74) is 0. The minimum Gasteiger partial charge on any atom is -0.435 e. The van der Waals surface area contributed by atoms with Crippen molar-refractivity contribution >= 4 is 5.97 Å². The van der Waals surface area contributed by atoms with Crippen LogP contribution in [0, 0.1) is 12.3 Å². The van der Waals surface area contributed by atoms with E-state index in [2.05, 4.69) is 10.7 Å². The Labute approximate surface area is 73.6 Å². The van der Waals surface area contributed by atoms with Crippen molar-refractivity contribution in [2.45, 2.75) is 32.6 Å². The molecule has 0 radical (unpaired) electrons. The molecule has 66 valence electrons. The maximum absolute atomic E-state index is 10.3. The zero-order chi connectivity index (χ0) is 9.23. The fraction of sp³-hybridized carbons (Fsp3) is 0.500. The molecule has 0 aromatic carbocycles. The molecule has 2 nitrogen and oxygen atoms in total. The van der Waals surface area contributed by atoms with Crippen LogP contribution in [0.3, 0.4) is 0 Å². The van der Waals surface area contributed by atoms with Crippen LogP contribution in [0.25, 0.3) is 0 Å². The topological polar surface area (TPSA) is 26.3 Å².